The van der Waals surface area contributed by atoms with Gasteiger partial charge in [0.1, 0.15) is 5.69 Å². The number of nitro groups is 1. The smallest absolute Gasteiger partial charge is 0.332 e. The van der Waals surface area contributed by atoms with Crippen molar-refractivity contribution in [2.24, 2.45) is 0 Å². The van der Waals surface area contributed by atoms with E-state index in [2.05, 4.69) is 20.6 Å². The molecule has 19 heavy (non-hydrogen) atoms. The van der Waals surface area contributed by atoms with Crippen LogP contribution in [-0.4, -0.2) is 39.2 Å². The molecule has 1 aromatic rings. The van der Waals surface area contributed by atoms with Crippen LogP contribution in [0.2, 0.25) is 0 Å². The van der Waals surface area contributed by atoms with Gasteiger partial charge < -0.3 is 15.7 Å². The lowest BCUT2D eigenvalue weighted by Gasteiger charge is -2.41. The number of aliphatic hydroxyl groups is 1. The lowest BCUT2D eigenvalue weighted by atomic mass is 9.77. The first-order chi connectivity index (χ1) is 9.01. The van der Waals surface area contributed by atoms with Crippen molar-refractivity contribution in [3.63, 3.8) is 0 Å². The first kappa shape index (κ1) is 13.5. The molecule has 8 heteroatoms. The number of anilines is 2. The summed E-state index contributed by atoms with van der Waals surface area (Å²) in [6.45, 7) is 1.50. The molecule has 0 bridgehead atoms. The molecular formula is C11H17N5O3. The summed E-state index contributed by atoms with van der Waals surface area (Å²) in [5.41, 5.74) is -0.339. The minimum atomic E-state index is -0.499. The summed E-state index contributed by atoms with van der Waals surface area (Å²) in [7, 11) is 1.65. The zero-order valence-corrected chi connectivity index (χ0v) is 10.9. The molecule has 0 aliphatic heterocycles. The molecule has 104 valence electrons. The normalized spacial score (nSPS) is 16.6. The Morgan fingerprint density at radius 3 is 2.58 bits per heavy atom. The number of nitrogens with one attached hydrogen (secondary N) is 2. The molecule has 1 fully saturated rings. The van der Waals surface area contributed by atoms with Gasteiger partial charge in [-0.1, -0.05) is 0 Å². The standard InChI is InChI=1S/C11H17N5O3/c1-7-8(16(18)19)9(14-10(12-2)13-7)15-11(6-17)4-3-5-11/h17H,3-6H2,1-2H3,(H2,12,13,14,15). The number of rotatable bonds is 5. The molecule has 1 aliphatic rings. The van der Waals surface area contributed by atoms with Gasteiger partial charge in [-0.05, 0) is 26.2 Å². The van der Waals surface area contributed by atoms with E-state index in [0.29, 0.717) is 11.6 Å². The SMILES string of the molecule is CNc1nc(C)c([N+](=O)[O-])c(NC2(CO)CCC2)n1. The maximum atomic E-state index is 11.1. The molecular weight excluding hydrogens is 250 g/mol. The van der Waals surface area contributed by atoms with E-state index < -0.39 is 10.5 Å². The van der Waals surface area contributed by atoms with Crippen molar-refractivity contribution in [3.05, 3.63) is 15.8 Å². The number of hydrogen-bond donors (Lipinski definition) is 3. The van der Waals surface area contributed by atoms with Gasteiger partial charge in [-0.3, -0.25) is 10.1 Å². The number of aromatic nitrogens is 2. The van der Waals surface area contributed by atoms with Gasteiger partial charge in [0.2, 0.25) is 11.8 Å². The molecule has 0 spiro atoms. The molecule has 1 aliphatic carbocycles. The maximum absolute atomic E-state index is 11.1. The van der Waals surface area contributed by atoms with Crippen LogP contribution in [0, 0.1) is 17.0 Å². The third-order valence-corrected chi connectivity index (χ3v) is 3.46. The summed E-state index contributed by atoms with van der Waals surface area (Å²) in [5.74, 6) is 0.480. The van der Waals surface area contributed by atoms with Gasteiger partial charge in [0.05, 0.1) is 17.1 Å². The number of hydrogen-bond acceptors (Lipinski definition) is 7. The Hall–Kier alpha value is -1.96. The van der Waals surface area contributed by atoms with E-state index in [0.717, 1.165) is 19.3 Å². The molecule has 0 unspecified atom stereocenters. The first-order valence-electron chi connectivity index (χ1n) is 6.11. The van der Waals surface area contributed by atoms with E-state index in [1.54, 1.807) is 14.0 Å². The first-order valence-corrected chi connectivity index (χ1v) is 6.11. The third kappa shape index (κ3) is 2.43. The Kier molecular flexibility index (Phi) is 3.52. The van der Waals surface area contributed by atoms with Crippen molar-refractivity contribution in [1.82, 2.24) is 9.97 Å². The lowest BCUT2D eigenvalue weighted by Crippen LogP contribution is -2.48. The molecule has 2 rings (SSSR count). The molecule has 0 saturated heterocycles. The summed E-state index contributed by atoms with van der Waals surface area (Å²) in [6, 6.07) is 0. The van der Waals surface area contributed by atoms with Crippen LogP contribution in [0.15, 0.2) is 0 Å². The monoisotopic (exact) mass is 267 g/mol. The highest BCUT2D eigenvalue weighted by molar-refractivity contribution is 5.62. The van der Waals surface area contributed by atoms with Crippen molar-refractivity contribution in [3.8, 4) is 0 Å². The minimum Gasteiger partial charge on any atom is -0.394 e. The quantitative estimate of drug-likeness (QED) is 0.540. The molecule has 8 nitrogen and oxygen atoms in total. The van der Waals surface area contributed by atoms with Crippen LogP contribution >= 0.6 is 0 Å². The molecule has 0 radical (unpaired) electrons. The van der Waals surface area contributed by atoms with Gasteiger partial charge in [0, 0.05) is 7.05 Å². The minimum absolute atomic E-state index is 0.0674. The Balaban J connectivity index is 2.41. The summed E-state index contributed by atoms with van der Waals surface area (Å²) < 4.78 is 0. The Morgan fingerprint density at radius 1 is 1.47 bits per heavy atom. The van der Waals surface area contributed by atoms with Gasteiger partial charge in [-0.25, -0.2) is 4.98 Å². The summed E-state index contributed by atoms with van der Waals surface area (Å²) in [6.07, 6.45) is 2.54. The van der Waals surface area contributed by atoms with Crippen LogP contribution in [-0.2, 0) is 0 Å². The Morgan fingerprint density at radius 2 is 2.16 bits per heavy atom. The molecule has 0 amide bonds. The van der Waals surface area contributed by atoms with Crippen LogP contribution < -0.4 is 10.6 Å². The fourth-order valence-corrected chi connectivity index (χ4v) is 2.16. The van der Waals surface area contributed by atoms with E-state index in [9.17, 15) is 15.2 Å². The van der Waals surface area contributed by atoms with Crippen molar-refractivity contribution >= 4 is 17.5 Å². The van der Waals surface area contributed by atoms with Gasteiger partial charge >= 0.3 is 5.69 Å². The highest BCUT2D eigenvalue weighted by Gasteiger charge is 2.39. The van der Waals surface area contributed by atoms with Crippen LogP contribution in [0.4, 0.5) is 17.5 Å². The second-order valence-corrected chi connectivity index (χ2v) is 4.75. The third-order valence-electron chi connectivity index (χ3n) is 3.46. The summed E-state index contributed by atoms with van der Waals surface area (Å²) >= 11 is 0. The molecule has 1 saturated carbocycles. The molecule has 0 aromatic carbocycles. The van der Waals surface area contributed by atoms with Crippen molar-refractivity contribution in [2.75, 3.05) is 24.3 Å². The Labute approximate surface area is 110 Å². The van der Waals surface area contributed by atoms with E-state index in [4.69, 9.17) is 0 Å². The summed E-state index contributed by atoms with van der Waals surface area (Å²) in [5, 5.41) is 26.3. The molecule has 1 aromatic heterocycles. The number of aryl methyl sites for hydroxylation is 1. The Bertz CT molecular complexity index is 496. The molecule has 0 atom stereocenters. The predicted molar refractivity (Wildman–Crippen MR) is 70.3 cm³/mol. The van der Waals surface area contributed by atoms with Crippen LogP contribution in [0.5, 0.6) is 0 Å². The zero-order chi connectivity index (χ0) is 14.0. The van der Waals surface area contributed by atoms with Gasteiger partial charge in [0.15, 0.2) is 0 Å². The van der Waals surface area contributed by atoms with E-state index >= 15 is 0 Å². The maximum Gasteiger partial charge on any atom is 0.332 e. The molecule has 3 N–H and O–H groups in total. The fourth-order valence-electron chi connectivity index (χ4n) is 2.16. The van der Waals surface area contributed by atoms with Gasteiger partial charge in [0.25, 0.3) is 0 Å². The van der Waals surface area contributed by atoms with Crippen molar-refractivity contribution in [2.45, 2.75) is 31.7 Å². The van der Waals surface area contributed by atoms with E-state index in [1.165, 1.54) is 0 Å². The predicted octanol–water partition coefficient (Wildman–Crippen LogP) is 1.06. The number of nitrogens with zero attached hydrogens (tertiary/aromatic N) is 3. The van der Waals surface area contributed by atoms with Crippen LogP contribution in [0.1, 0.15) is 25.0 Å². The average molecular weight is 267 g/mol. The van der Waals surface area contributed by atoms with Crippen molar-refractivity contribution in [1.29, 1.82) is 0 Å². The van der Waals surface area contributed by atoms with Gasteiger partial charge in [-0.2, -0.15) is 4.98 Å². The van der Waals surface area contributed by atoms with E-state index in [1.807, 2.05) is 0 Å². The second-order valence-electron chi connectivity index (χ2n) is 4.75. The topological polar surface area (TPSA) is 113 Å². The van der Waals surface area contributed by atoms with Crippen molar-refractivity contribution < 1.29 is 10.0 Å². The second kappa shape index (κ2) is 4.96. The highest BCUT2D eigenvalue weighted by atomic mass is 16.6. The van der Waals surface area contributed by atoms with Crippen LogP contribution in [0.25, 0.3) is 0 Å². The largest absolute Gasteiger partial charge is 0.394 e. The van der Waals surface area contributed by atoms with Crippen LogP contribution in [0.3, 0.4) is 0 Å². The molecule has 1 heterocycles. The fraction of sp³-hybridized carbons (Fsp3) is 0.636. The average Bonchev–Trinajstić information content (AvgIpc) is 2.32. The highest BCUT2D eigenvalue weighted by Crippen LogP contribution is 2.37. The van der Waals surface area contributed by atoms with E-state index in [-0.39, 0.29) is 18.1 Å². The summed E-state index contributed by atoms with van der Waals surface area (Å²) in [4.78, 5) is 18.7. The zero-order valence-electron chi connectivity index (χ0n) is 10.9. The van der Waals surface area contributed by atoms with Gasteiger partial charge in [-0.15, -0.1) is 0 Å². The lowest BCUT2D eigenvalue weighted by molar-refractivity contribution is -0.385. The number of aliphatic hydroxyl groups excluding tert-OH is 1.